The van der Waals surface area contributed by atoms with Gasteiger partial charge in [-0.3, -0.25) is 4.90 Å². The third-order valence-electron chi connectivity index (χ3n) is 4.59. The van der Waals surface area contributed by atoms with Crippen LogP contribution < -0.4 is 0 Å². The smallest absolute Gasteiger partial charge is 0.0991 e. The molecule has 0 bridgehead atoms. The predicted octanol–water partition coefficient (Wildman–Crippen LogP) is 2.37. The van der Waals surface area contributed by atoms with Gasteiger partial charge in [-0.1, -0.05) is 24.3 Å². The number of hydrogen-bond donors (Lipinski definition) is 0. The number of nitrogens with zero attached hydrogens (tertiary/aromatic N) is 1. The van der Waals surface area contributed by atoms with Gasteiger partial charge in [0, 0.05) is 26.2 Å². The Morgan fingerprint density at radius 1 is 1.32 bits per heavy atom. The molecule has 0 radical (unpaired) electrons. The summed E-state index contributed by atoms with van der Waals surface area (Å²) < 4.78 is 11.5. The van der Waals surface area contributed by atoms with Crippen molar-refractivity contribution in [2.75, 3.05) is 20.3 Å². The SMILES string of the molecule is CO[C@@H]1CC[C@@H]2[C@@H]1OCCN2Cc1ccccc1C. The van der Waals surface area contributed by atoms with Crippen molar-refractivity contribution in [3.05, 3.63) is 35.4 Å². The van der Waals surface area contributed by atoms with E-state index in [2.05, 4.69) is 36.1 Å². The van der Waals surface area contributed by atoms with Crippen LogP contribution in [0.1, 0.15) is 24.0 Å². The lowest BCUT2D eigenvalue weighted by Gasteiger charge is -2.39. The largest absolute Gasteiger partial charge is 0.379 e. The Balaban J connectivity index is 1.73. The standard InChI is InChI=1S/C16H23NO2/c1-12-5-3-4-6-13(12)11-17-9-10-19-16-14(17)7-8-15(16)18-2/h3-6,14-16H,7-11H2,1-2H3/t14-,15-,16+/m1/s1. The number of morpholine rings is 1. The van der Waals surface area contributed by atoms with Crippen molar-refractivity contribution in [3.8, 4) is 0 Å². The fourth-order valence-corrected chi connectivity index (χ4v) is 3.45. The van der Waals surface area contributed by atoms with Crippen molar-refractivity contribution in [2.45, 2.75) is 44.6 Å². The zero-order chi connectivity index (χ0) is 13.2. The highest BCUT2D eigenvalue weighted by Gasteiger charge is 2.42. The molecular weight excluding hydrogens is 238 g/mol. The van der Waals surface area contributed by atoms with Crippen molar-refractivity contribution < 1.29 is 9.47 Å². The molecule has 0 amide bonds. The van der Waals surface area contributed by atoms with Crippen LogP contribution in [0.25, 0.3) is 0 Å². The molecule has 3 atom stereocenters. The summed E-state index contributed by atoms with van der Waals surface area (Å²) in [6, 6.07) is 9.20. The Hall–Kier alpha value is -0.900. The first-order valence-corrected chi connectivity index (χ1v) is 7.22. The van der Waals surface area contributed by atoms with Crippen molar-refractivity contribution >= 4 is 0 Å². The maximum atomic E-state index is 5.94. The summed E-state index contributed by atoms with van der Waals surface area (Å²) >= 11 is 0. The fraction of sp³-hybridized carbons (Fsp3) is 0.625. The average Bonchev–Trinajstić information content (AvgIpc) is 2.85. The van der Waals surface area contributed by atoms with E-state index in [9.17, 15) is 0 Å². The highest BCUT2D eigenvalue weighted by atomic mass is 16.5. The third-order valence-corrected chi connectivity index (χ3v) is 4.59. The Kier molecular flexibility index (Phi) is 3.87. The molecule has 2 aliphatic rings. The van der Waals surface area contributed by atoms with Crippen LogP contribution in [0.3, 0.4) is 0 Å². The van der Waals surface area contributed by atoms with Gasteiger partial charge >= 0.3 is 0 Å². The molecule has 2 fully saturated rings. The molecule has 3 nitrogen and oxygen atoms in total. The molecule has 1 saturated heterocycles. The van der Waals surface area contributed by atoms with Gasteiger partial charge in [0.25, 0.3) is 0 Å². The molecule has 0 spiro atoms. The number of benzene rings is 1. The minimum atomic E-state index is 0.266. The van der Waals surface area contributed by atoms with Gasteiger partial charge < -0.3 is 9.47 Å². The van der Waals surface area contributed by atoms with E-state index in [0.717, 1.165) is 26.1 Å². The Labute approximate surface area is 115 Å². The van der Waals surface area contributed by atoms with E-state index in [-0.39, 0.29) is 12.2 Å². The predicted molar refractivity (Wildman–Crippen MR) is 75.1 cm³/mol. The summed E-state index contributed by atoms with van der Waals surface area (Å²) in [6.07, 6.45) is 2.86. The second kappa shape index (κ2) is 5.61. The molecule has 1 heterocycles. The van der Waals surface area contributed by atoms with Crippen LogP contribution in [0.5, 0.6) is 0 Å². The minimum Gasteiger partial charge on any atom is -0.379 e. The summed E-state index contributed by atoms with van der Waals surface area (Å²) in [7, 11) is 1.80. The molecule has 1 aliphatic carbocycles. The second-order valence-electron chi connectivity index (χ2n) is 5.65. The van der Waals surface area contributed by atoms with E-state index < -0.39 is 0 Å². The molecule has 1 aliphatic heterocycles. The van der Waals surface area contributed by atoms with Crippen molar-refractivity contribution in [2.24, 2.45) is 0 Å². The van der Waals surface area contributed by atoms with E-state index in [0.29, 0.717) is 6.04 Å². The maximum Gasteiger partial charge on any atom is 0.0991 e. The number of aryl methyl sites for hydroxylation is 1. The van der Waals surface area contributed by atoms with Gasteiger partial charge in [0.15, 0.2) is 0 Å². The Morgan fingerprint density at radius 2 is 2.16 bits per heavy atom. The number of hydrogen-bond acceptors (Lipinski definition) is 3. The van der Waals surface area contributed by atoms with Crippen LogP contribution in [0, 0.1) is 6.92 Å². The number of rotatable bonds is 3. The summed E-state index contributed by atoms with van der Waals surface area (Å²) in [6.45, 7) is 5.09. The van der Waals surface area contributed by atoms with Crippen LogP contribution in [0.4, 0.5) is 0 Å². The zero-order valence-electron chi connectivity index (χ0n) is 11.8. The molecular formula is C16H23NO2. The van der Waals surface area contributed by atoms with Crippen LogP contribution in [0.2, 0.25) is 0 Å². The molecule has 0 unspecified atom stereocenters. The molecule has 1 saturated carbocycles. The molecule has 3 heteroatoms. The third kappa shape index (κ3) is 2.55. The van der Waals surface area contributed by atoms with Gasteiger partial charge in [-0.05, 0) is 30.9 Å². The lowest BCUT2D eigenvalue weighted by Crippen LogP contribution is -2.51. The monoisotopic (exact) mass is 261 g/mol. The summed E-state index contributed by atoms with van der Waals surface area (Å²) in [5, 5.41) is 0. The average molecular weight is 261 g/mol. The Morgan fingerprint density at radius 3 is 2.95 bits per heavy atom. The lowest BCUT2D eigenvalue weighted by atomic mass is 10.1. The second-order valence-corrected chi connectivity index (χ2v) is 5.65. The van der Waals surface area contributed by atoms with Gasteiger partial charge in [-0.25, -0.2) is 0 Å². The molecule has 19 heavy (non-hydrogen) atoms. The molecule has 104 valence electrons. The van der Waals surface area contributed by atoms with Gasteiger partial charge in [0.05, 0.1) is 18.8 Å². The quantitative estimate of drug-likeness (QED) is 0.834. The van der Waals surface area contributed by atoms with Crippen LogP contribution in [-0.4, -0.2) is 43.4 Å². The molecule has 3 rings (SSSR count). The first kappa shape index (κ1) is 13.1. The summed E-state index contributed by atoms with van der Waals surface area (Å²) in [5.74, 6) is 0. The topological polar surface area (TPSA) is 21.7 Å². The lowest BCUT2D eigenvalue weighted by molar-refractivity contribution is -0.106. The van der Waals surface area contributed by atoms with E-state index in [1.165, 1.54) is 17.5 Å². The minimum absolute atomic E-state index is 0.266. The highest BCUT2D eigenvalue weighted by molar-refractivity contribution is 5.25. The van der Waals surface area contributed by atoms with E-state index in [1.54, 1.807) is 7.11 Å². The molecule has 1 aromatic rings. The first-order chi connectivity index (χ1) is 9.29. The zero-order valence-corrected chi connectivity index (χ0v) is 11.8. The van der Waals surface area contributed by atoms with Gasteiger partial charge in [0.2, 0.25) is 0 Å². The van der Waals surface area contributed by atoms with Crippen molar-refractivity contribution in [3.63, 3.8) is 0 Å². The van der Waals surface area contributed by atoms with Gasteiger partial charge in [-0.2, -0.15) is 0 Å². The molecule has 0 aromatic heterocycles. The molecule has 1 aromatic carbocycles. The number of ether oxygens (including phenoxy) is 2. The van der Waals surface area contributed by atoms with Gasteiger partial charge in [0.1, 0.15) is 0 Å². The van der Waals surface area contributed by atoms with E-state index >= 15 is 0 Å². The van der Waals surface area contributed by atoms with E-state index in [4.69, 9.17) is 9.47 Å². The van der Waals surface area contributed by atoms with E-state index in [1.807, 2.05) is 0 Å². The number of fused-ring (bicyclic) bond motifs is 1. The van der Waals surface area contributed by atoms with Crippen molar-refractivity contribution in [1.82, 2.24) is 4.90 Å². The summed E-state index contributed by atoms with van der Waals surface area (Å²) in [4.78, 5) is 2.58. The maximum absolute atomic E-state index is 5.94. The first-order valence-electron chi connectivity index (χ1n) is 7.22. The van der Waals surface area contributed by atoms with Gasteiger partial charge in [-0.15, -0.1) is 0 Å². The fourth-order valence-electron chi connectivity index (χ4n) is 3.45. The van der Waals surface area contributed by atoms with Crippen molar-refractivity contribution in [1.29, 1.82) is 0 Å². The summed E-state index contributed by atoms with van der Waals surface area (Å²) in [5.41, 5.74) is 2.82. The van der Waals surface area contributed by atoms with Crippen LogP contribution in [0.15, 0.2) is 24.3 Å². The Bertz CT molecular complexity index is 435. The normalized spacial score (nSPS) is 31.4. The molecule has 0 N–H and O–H groups in total. The highest BCUT2D eigenvalue weighted by Crippen LogP contribution is 2.32. The van der Waals surface area contributed by atoms with Crippen LogP contribution in [-0.2, 0) is 16.0 Å². The van der Waals surface area contributed by atoms with Crippen LogP contribution >= 0.6 is 0 Å². The number of methoxy groups -OCH3 is 1.